The molecule has 0 aliphatic rings. The molecule has 0 fully saturated rings. The van der Waals surface area contributed by atoms with Gasteiger partial charge in [0.2, 0.25) is 0 Å². The minimum absolute atomic E-state index is 0.924. The molecular weight excluding hydrogens is 432 g/mol. The first-order chi connectivity index (χ1) is 16.9. The summed E-state index contributed by atoms with van der Waals surface area (Å²) in [6, 6.07) is 42.9. The lowest BCUT2D eigenvalue weighted by atomic mass is 9.94. The van der Waals surface area contributed by atoms with Gasteiger partial charge in [-0.25, -0.2) is 0 Å². The third-order valence-corrected chi connectivity index (χ3v) is 7.81. The van der Waals surface area contributed by atoms with Crippen molar-refractivity contribution in [1.29, 1.82) is 0 Å². The fourth-order valence-electron chi connectivity index (χ4n) is 4.96. The highest BCUT2D eigenvalue weighted by Crippen LogP contribution is 2.49. The normalized spacial score (nSPS) is 11.5. The number of benzene rings is 5. The Bertz CT molecular complexity index is 1790. The lowest BCUT2D eigenvalue weighted by Gasteiger charge is -2.10. The molecule has 0 aliphatic heterocycles. The van der Waals surface area contributed by atoms with Crippen molar-refractivity contribution in [2.24, 2.45) is 0 Å². The number of hydrogen-bond acceptors (Lipinski definition) is 2. The Morgan fingerprint density at radius 3 is 1.76 bits per heavy atom. The molecule has 0 bridgehead atoms. The molecule has 0 amide bonds. The first-order valence-corrected chi connectivity index (χ1v) is 12.3. The van der Waals surface area contributed by atoms with Crippen molar-refractivity contribution in [1.82, 2.24) is 0 Å². The molecule has 0 N–H and O–H groups in total. The maximum Gasteiger partial charge on any atom is 0.143 e. The summed E-state index contributed by atoms with van der Waals surface area (Å²) in [6.07, 6.45) is 0. The van der Waals surface area contributed by atoms with Crippen LogP contribution in [0.25, 0.3) is 64.7 Å². The number of fused-ring (bicyclic) bond motifs is 4. The molecule has 0 saturated heterocycles. The summed E-state index contributed by atoms with van der Waals surface area (Å²) in [5.74, 6) is 0. The van der Waals surface area contributed by atoms with E-state index in [1.54, 1.807) is 0 Å². The molecule has 0 unspecified atom stereocenters. The summed E-state index contributed by atoms with van der Waals surface area (Å²) in [5, 5.41) is 4.88. The van der Waals surface area contributed by atoms with Crippen LogP contribution in [0.5, 0.6) is 0 Å². The van der Waals surface area contributed by atoms with E-state index in [9.17, 15) is 0 Å². The first kappa shape index (κ1) is 19.3. The van der Waals surface area contributed by atoms with E-state index in [1.807, 2.05) is 17.4 Å². The fourth-order valence-corrected chi connectivity index (χ4v) is 6.28. The van der Waals surface area contributed by atoms with Gasteiger partial charge in [-0.15, -0.1) is 11.3 Å². The number of para-hydroxylation sites is 1. The molecular formula is C32H20OS. The highest BCUT2D eigenvalue weighted by Gasteiger charge is 2.21. The molecule has 5 aromatic carbocycles. The summed E-state index contributed by atoms with van der Waals surface area (Å²) < 4.78 is 6.51. The van der Waals surface area contributed by atoms with Crippen LogP contribution in [-0.4, -0.2) is 0 Å². The molecule has 0 radical (unpaired) electrons. The van der Waals surface area contributed by atoms with Gasteiger partial charge >= 0.3 is 0 Å². The highest BCUT2D eigenvalue weighted by molar-refractivity contribution is 7.21. The minimum atomic E-state index is 0.924. The predicted molar refractivity (Wildman–Crippen MR) is 145 cm³/mol. The molecule has 34 heavy (non-hydrogen) atoms. The van der Waals surface area contributed by atoms with Crippen molar-refractivity contribution in [2.75, 3.05) is 0 Å². The van der Waals surface area contributed by atoms with E-state index in [2.05, 4.69) is 115 Å². The molecule has 2 heterocycles. The SMILES string of the molecule is c1ccc(-c2sc(-c3ccc4c(oc5ccccc54)c3-c3ccccc3)c3ccccc23)cc1. The van der Waals surface area contributed by atoms with E-state index >= 15 is 0 Å². The molecule has 0 aliphatic carbocycles. The van der Waals surface area contributed by atoms with Crippen molar-refractivity contribution >= 4 is 44.0 Å². The second-order valence-electron chi connectivity index (χ2n) is 8.50. The largest absolute Gasteiger partial charge is 0.455 e. The van der Waals surface area contributed by atoms with Crippen LogP contribution in [0.15, 0.2) is 126 Å². The number of furan rings is 1. The Labute approximate surface area is 201 Å². The second-order valence-corrected chi connectivity index (χ2v) is 9.52. The standard InChI is InChI=1S/C32H20OS/c1-3-11-21(12-4-1)29-27(20-19-24-23-15-9-10-18-28(23)33-30(24)29)32-26-17-8-7-16-25(26)31(34-32)22-13-5-2-6-14-22/h1-20H. The Morgan fingerprint density at radius 1 is 0.441 bits per heavy atom. The van der Waals surface area contributed by atoms with Crippen LogP contribution in [-0.2, 0) is 0 Å². The highest BCUT2D eigenvalue weighted by atomic mass is 32.1. The van der Waals surface area contributed by atoms with Gasteiger partial charge in [0, 0.05) is 42.4 Å². The second kappa shape index (κ2) is 7.72. The van der Waals surface area contributed by atoms with Crippen molar-refractivity contribution in [3.8, 4) is 32.0 Å². The zero-order chi connectivity index (χ0) is 22.5. The summed E-state index contributed by atoms with van der Waals surface area (Å²) in [6.45, 7) is 0. The lowest BCUT2D eigenvalue weighted by molar-refractivity contribution is 0.670. The minimum Gasteiger partial charge on any atom is -0.455 e. The topological polar surface area (TPSA) is 13.1 Å². The fraction of sp³-hybridized carbons (Fsp3) is 0. The average Bonchev–Trinajstić information content (AvgIpc) is 3.48. The summed E-state index contributed by atoms with van der Waals surface area (Å²) in [5.41, 5.74) is 6.65. The molecule has 7 rings (SSSR count). The van der Waals surface area contributed by atoms with Crippen molar-refractivity contribution in [2.45, 2.75) is 0 Å². The maximum absolute atomic E-state index is 6.51. The van der Waals surface area contributed by atoms with E-state index in [0.29, 0.717) is 0 Å². The van der Waals surface area contributed by atoms with E-state index in [4.69, 9.17) is 4.42 Å². The molecule has 1 nitrogen and oxygen atoms in total. The van der Waals surface area contributed by atoms with E-state index in [0.717, 1.165) is 27.5 Å². The Hall–Kier alpha value is -4.14. The molecule has 7 aromatic rings. The van der Waals surface area contributed by atoms with Gasteiger partial charge in [-0.3, -0.25) is 0 Å². The van der Waals surface area contributed by atoms with E-state index in [-0.39, 0.29) is 0 Å². The van der Waals surface area contributed by atoms with Crippen LogP contribution in [0.1, 0.15) is 0 Å². The third-order valence-electron chi connectivity index (χ3n) is 6.51. The van der Waals surface area contributed by atoms with Gasteiger partial charge in [0.05, 0.1) is 0 Å². The quantitative estimate of drug-likeness (QED) is 0.260. The Balaban J connectivity index is 1.60. The Morgan fingerprint density at radius 2 is 1.03 bits per heavy atom. The molecule has 2 heteroatoms. The van der Waals surface area contributed by atoms with Crippen LogP contribution in [0.4, 0.5) is 0 Å². The van der Waals surface area contributed by atoms with Gasteiger partial charge in [0.1, 0.15) is 11.2 Å². The molecule has 0 spiro atoms. The van der Waals surface area contributed by atoms with Crippen LogP contribution < -0.4 is 0 Å². The number of hydrogen-bond donors (Lipinski definition) is 0. The first-order valence-electron chi connectivity index (χ1n) is 11.5. The maximum atomic E-state index is 6.51. The smallest absolute Gasteiger partial charge is 0.143 e. The summed E-state index contributed by atoms with van der Waals surface area (Å²) in [4.78, 5) is 2.57. The summed E-state index contributed by atoms with van der Waals surface area (Å²) in [7, 11) is 0. The van der Waals surface area contributed by atoms with Crippen LogP contribution in [0.2, 0.25) is 0 Å². The van der Waals surface area contributed by atoms with Gasteiger partial charge in [0.15, 0.2) is 0 Å². The van der Waals surface area contributed by atoms with E-state index < -0.39 is 0 Å². The van der Waals surface area contributed by atoms with Gasteiger partial charge in [-0.1, -0.05) is 109 Å². The molecule has 160 valence electrons. The van der Waals surface area contributed by atoms with Gasteiger partial charge in [0.25, 0.3) is 0 Å². The van der Waals surface area contributed by atoms with Gasteiger partial charge in [-0.2, -0.15) is 0 Å². The van der Waals surface area contributed by atoms with Crippen LogP contribution in [0, 0.1) is 0 Å². The van der Waals surface area contributed by atoms with Gasteiger partial charge in [-0.05, 0) is 23.3 Å². The monoisotopic (exact) mass is 452 g/mol. The number of rotatable bonds is 3. The van der Waals surface area contributed by atoms with Crippen molar-refractivity contribution in [3.63, 3.8) is 0 Å². The molecule has 0 atom stereocenters. The van der Waals surface area contributed by atoms with Crippen LogP contribution in [0.3, 0.4) is 0 Å². The molecule has 0 saturated carbocycles. The summed E-state index contributed by atoms with van der Waals surface area (Å²) >= 11 is 1.86. The van der Waals surface area contributed by atoms with Crippen LogP contribution >= 0.6 is 11.3 Å². The van der Waals surface area contributed by atoms with Crippen molar-refractivity contribution < 1.29 is 4.42 Å². The van der Waals surface area contributed by atoms with Gasteiger partial charge < -0.3 is 4.42 Å². The third kappa shape index (κ3) is 2.93. The zero-order valence-electron chi connectivity index (χ0n) is 18.4. The zero-order valence-corrected chi connectivity index (χ0v) is 19.2. The van der Waals surface area contributed by atoms with Crippen molar-refractivity contribution in [3.05, 3.63) is 121 Å². The Kier molecular flexibility index (Phi) is 4.39. The van der Waals surface area contributed by atoms with E-state index in [1.165, 1.54) is 37.2 Å². The lowest BCUT2D eigenvalue weighted by Crippen LogP contribution is -1.85. The molecule has 2 aromatic heterocycles. The average molecular weight is 453 g/mol. The number of thiophene rings is 1. The predicted octanol–water partition coefficient (Wildman–Crippen LogP) is 9.80.